The van der Waals surface area contributed by atoms with E-state index in [0.717, 1.165) is 27.6 Å². The van der Waals surface area contributed by atoms with Crippen molar-refractivity contribution in [2.75, 3.05) is 32.1 Å². The van der Waals surface area contributed by atoms with Crippen molar-refractivity contribution in [1.29, 1.82) is 0 Å². The smallest absolute Gasteiger partial charge is 0.294 e. The molecular formula is C26H25FN4O5S. The first-order chi connectivity index (χ1) is 17.9. The average Bonchev–Trinajstić information content (AvgIpc) is 3.35. The second kappa shape index (κ2) is 11.8. The number of aromatic nitrogens is 1. The number of hydrogen-bond acceptors (Lipinski definition) is 6. The normalized spacial score (nSPS) is 14.5. The van der Waals surface area contributed by atoms with Crippen molar-refractivity contribution in [3.63, 3.8) is 0 Å². The van der Waals surface area contributed by atoms with Crippen LogP contribution in [0.25, 0.3) is 17.0 Å². The molecule has 1 aliphatic heterocycles. The third kappa shape index (κ3) is 6.43. The maximum Gasteiger partial charge on any atom is 0.294 e. The number of benzene rings is 2. The van der Waals surface area contributed by atoms with Gasteiger partial charge >= 0.3 is 0 Å². The molecule has 4 rings (SSSR count). The van der Waals surface area contributed by atoms with Gasteiger partial charge in [-0.15, -0.1) is 0 Å². The summed E-state index contributed by atoms with van der Waals surface area (Å²) in [7, 11) is 1.60. The Labute approximate surface area is 216 Å². The van der Waals surface area contributed by atoms with Crippen LogP contribution in [0.2, 0.25) is 0 Å². The minimum Gasteiger partial charge on any atom is -0.385 e. The van der Waals surface area contributed by atoms with Gasteiger partial charge in [0.05, 0.1) is 4.91 Å². The molecule has 1 fully saturated rings. The summed E-state index contributed by atoms with van der Waals surface area (Å²) in [6, 6.07) is 12.6. The Morgan fingerprint density at radius 1 is 1.05 bits per heavy atom. The van der Waals surface area contributed by atoms with E-state index in [0.29, 0.717) is 30.8 Å². The van der Waals surface area contributed by atoms with Gasteiger partial charge in [0.15, 0.2) is 0 Å². The van der Waals surface area contributed by atoms with Crippen LogP contribution in [0.3, 0.4) is 0 Å². The molecule has 0 spiro atoms. The van der Waals surface area contributed by atoms with E-state index in [9.17, 15) is 23.6 Å². The van der Waals surface area contributed by atoms with Gasteiger partial charge in [-0.3, -0.25) is 24.1 Å². The lowest BCUT2D eigenvalue weighted by Gasteiger charge is -2.12. The van der Waals surface area contributed by atoms with Crippen molar-refractivity contribution in [2.24, 2.45) is 0 Å². The van der Waals surface area contributed by atoms with E-state index in [1.54, 1.807) is 23.9 Å². The molecule has 0 unspecified atom stereocenters. The van der Waals surface area contributed by atoms with Gasteiger partial charge in [-0.05, 0) is 54.6 Å². The molecule has 2 heterocycles. The molecule has 2 aromatic carbocycles. The maximum absolute atomic E-state index is 13.1. The highest BCUT2D eigenvalue weighted by molar-refractivity contribution is 8.18. The Morgan fingerprint density at radius 3 is 2.57 bits per heavy atom. The molecule has 0 saturated carbocycles. The Hall–Kier alpha value is -3.96. The molecule has 11 heteroatoms. The quantitative estimate of drug-likeness (QED) is 0.310. The number of carbonyl (C=O) groups is 4. The van der Waals surface area contributed by atoms with Crippen LogP contribution in [-0.4, -0.2) is 59.2 Å². The highest BCUT2D eigenvalue weighted by atomic mass is 32.2. The van der Waals surface area contributed by atoms with Crippen LogP contribution in [0, 0.1) is 5.82 Å². The van der Waals surface area contributed by atoms with E-state index in [1.165, 1.54) is 24.3 Å². The Bertz CT molecular complexity index is 1370. The topological polar surface area (TPSA) is 110 Å². The van der Waals surface area contributed by atoms with Gasteiger partial charge in [-0.1, -0.05) is 18.2 Å². The number of imide groups is 1. The number of amides is 4. The molecule has 4 amide bonds. The van der Waals surface area contributed by atoms with Crippen LogP contribution in [0.4, 0.5) is 14.9 Å². The standard InChI is InChI=1S/C26H25FN4O5S/c1-36-12-4-11-28-23(32)15-30-14-17(20-5-2-3-6-21(20)30)13-22-25(34)31(26(35)37-22)16-24(33)29-19-9-7-18(27)8-10-19/h2-3,5-10,13-14H,4,11-12,15-16H2,1H3,(H,28,32)(H,29,33)/b22-13-. The maximum atomic E-state index is 13.1. The minimum atomic E-state index is -0.586. The molecule has 1 saturated heterocycles. The average molecular weight is 525 g/mol. The monoisotopic (exact) mass is 524 g/mol. The van der Waals surface area contributed by atoms with Gasteiger partial charge in [0.2, 0.25) is 11.8 Å². The molecule has 9 nitrogen and oxygen atoms in total. The largest absolute Gasteiger partial charge is 0.385 e. The van der Waals surface area contributed by atoms with Gasteiger partial charge in [-0.2, -0.15) is 0 Å². The van der Waals surface area contributed by atoms with Crippen LogP contribution < -0.4 is 10.6 Å². The lowest BCUT2D eigenvalue weighted by atomic mass is 10.1. The van der Waals surface area contributed by atoms with E-state index >= 15 is 0 Å². The van der Waals surface area contributed by atoms with Crippen molar-refractivity contribution in [1.82, 2.24) is 14.8 Å². The summed E-state index contributed by atoms with van der Waals surface area (Å²) < 4.78 is 19.8. The summed E-state index contributed by atoms with van der Waals surface area (Å²) in [6.45, 7) is 0.678. The van der Waals surface area contributed by atoms with Gasteiger partial charge in [0, 0.05) is 48.6 Å². The molecule has 3 aromatic rings. The van der Waals surface area contributed by atoms with E-state index in [-0.39, 0.29) is 17.4 Å². The number of carbonyl (C=O) groups excluding carboxylic acids is 4. The number of rotatable bonds is 10. The Balaban J connectivity index is 1.47. The van der Waals surface area contributed by atoms with Crippen molar-refractivity contribution < 1.29 is 28.3 Å². The predicted octanol–water partition coefficient (Wildman–Crippen LogP) is 3.61. The molecule has 0 aliphatic carbocycles. The summed E-state index contributed by atoms with van der Waals surface area (Å²) in [4.78, 5) is 51.3. The molecule has 0 atom stereocenters. The van der Waals surface area contributed by atoms with E-state index < -0.39 is 29.4 Å². The number of methoxy groups -OCH3 is 1. The summed E-state index contributed by atoms with van der Waals surface area (Å²) in [5.74, 6) is -1.77. The van der Waals surface area contributed by atoms with Crippen LogP contribution in [0.1, 0.15) is 12.0 Å². The first kappa shape index (κ1) is 26.1. The molecule has 1 aromatic heterocycles. The Morgan fingerprint density at radius 2 is 1.81 bits per heavy atom. The first-order valence-electron chi connectivity index (χ1n) is 11.5. The Kier molecular flexibility index (Phi) is 8.36. The van der Waals surface area contributed by atoms with Crippen molar-refractivity contribution >= 4 is 57.4 Å². The third-order valence-corrected chi connectivity index (χ3v) is 6.48. The number of halogens is 1. The molecule has 1 aliphatic rings. The number of para-hydroxylation sites is 1. The number of fused-ring (bicyclic) bond motifs is 1. The number of anilines is 1. The van der Waals surface area contributed by atoms with Crippen LogP contribution in [0.5, 0.6) is 0 Å². The number of ether oxygens (including phenoxy) is 1. The summed E-state index contributed by atoms with van der Waals surface area (Å²) in [6.07, 6.45) is 4.06. The van der Waals surface area contributed by atoms with E-state index in [1.807, 2.05) is 24.3 Å². The zero-order chi connectivity index (χ0) is 26.4. The molecular weight excluding hydrogens is 499 g/mol. The van der Waals surface area contributed by atoms with Gasteiger partial charge in [-0.25, -0.2) is 4.39 Å². The first-order valence-corrected chi connectivity index (χ1v) is 12.3. The molecule has 192 valence electrons. The van der Waals surface area contributed by atoms with Crippen molar-refractivity contribution in [3.8, 4) is 0 Å². The van der Waals surface area contributed by atoms with E-state index in [4.69, 9.17) is 4.74 Å². The fraction of sp³-hybridized carbons (Fsp3) is 0.231. The number of nitrogens with one attached hydrogen (secondary N) is 2. The van der Waals surface area contributed by atoms with Gasteiger partial charge in [0.25, 0.3) is 11.1 Å². The number of hydrogen-bond donors (Lipinski definition) is 2. The van der Waals surface area contributed by atoms with Gasteiger partial charge < -0.3 is 19.9 Å². The number of nitrogens with zero attached hydrogens (tertiary/aromatic N) is 2. The van der Waals surface area contributed by atoms with Gasteiger partial charge in [0.1, 0.15) is 18.9 Å². The van der Waals surface area contributed by atoms with Crippen LogP contribution >= 0.6 is 11.8 Å². The van der Waals surface area contributed by atoms with Crippen molar-refractivity contribution in [3.05, 3.63) is 71.0 Å². The highest BCUT2D eigenvalue weighted by Crippen LogP contribution is 2.34. The fourth-order valence-corrected chi connectivity index (χ4v) is 4.66. The molecule has 0 radical (unpaired) electrons. The lowest BCUT2D eigenvalue weighted by Crippen LogP contribution is -2.36. The highest BCUT2D eigenvalue weighted by Gasteiger charge is 2.36. The fourth-order valence-electron chi connectivity index (χ4n) is 3.83. The van der Waals surface area contributed by atoms with Crippen molar-refractivity contribution in [2.45, 2.75) is 13.0 Å². The summed E-state index contributed by atoms with van der Waals surface area (Å²) >= 11 is 0.743. The third-order valence-electron chi connectivity index (χ3n) is 5.57. The second-order valence-electron chi connectivity index (χ2n) is 8.25. The summed E-state index contributed by atoms with van der Waals surface area (Å²) in [5.41, 5.74) is 1.83. The molecule has 37 heavy (non-hydrogen) atoms. The summed E-state index contributed by atoms with van der Waals surface area (Å²) in [5, 5.41) is 5.64. The minimum absolute atomic E-state index is 0.0897. The second-order valence-corrected chi connectivity index (χ2v) is 9.24. The zero-order valence-corrected chi connectivity index (χ0v) is 20.8. The van der Waals surface area contributed by atoms with E-state index in [2.05, 4.69) is 10.6 Å². The number of thioether (sulfide) groups is 1. The predicted molar refractivity (Wildman–Crippen MR) is 139 cm³/mol. The lowest BCUT2D eigenvalue weighted by molar-refractivity contribution is -0.127. The molecule has 0 bridgehead atoms. The zero-order valence-electron chi connectivity index (χ0n) is 20.0. The molecule has 2 N–H and O–H groups in total. The van der Waals surface area contributed by atoms with Crippen LogP contribution in [0.15, 0.2) is 59.6 Å². The van der Waals surface area contributed by atoms with Crippen LogP contribution in [-0.2, 0) is 25.7 Å². The SMILES string of the molecule is COCCCNC(=O)Cn1cc(/C=C2\SC(=O)N(CC(=O)Nc3ccc(F)cc3)C2=O)c2ccccc21.